The molecule has 1 heterocycles. The van der Waals surface area contributed by atoms with Crippen LogP contribution in [0, 0.1) is 0 Å². The van der Waals surface area contributed by atoms with E-state index in [1.807, 2.05) is 27.7 Å². The minimum Gasteiger partial charge on any atom is -0.268 e. The lowest BCUT2D eigenvalue weighted by Gasteiger charge is -2.17. The third-order valence-electron chi connectivity index (χ3n) is 1.52. The number of amides is 1. The lowest BCUT2D eigenvalue weighted by Crippen LogP contribution is -2.34. The Balaban J connectivity index is 2.54. The van der Waals surface area contributed by atoms with Crippen LogP contribution in [0.25, 0.3) is 0 Å². The van der Waals surface area contributed by atoms with Crippen LogP contribution >= 0.6 is 0 Å². The first-order valence-electron chi connectivity index (χ1n) is 4.82. The zero-order chi connectivity index (χ0) is 11.5. The fraction of sp³-hybridized carbons (Fsp3) is 0.667. The van der Waals surface area contributed by atoms with Gasteiger partial charge in [0, 0.05) is 6.42 Å². The number of rotatable bonds is 3. The molecule has 1 amide bonds. The molecular formula is C9H16N4O2. The largest absolute Gasteiger partial charge is 0.314 e. The summed E-state index contributed by atoms with van der Waals surface area (Å²) < 4.78 is 0. The molecule has 0 bridgehead atoms. The van der Waals surface area contributed by atoms with Crippen LogP contribution in [0.5, 0.6) is 0 Å². The molecular weight excluding hydrogens is 196 g/mol. The SMILES string of the molecule is CCc1nc(C(=O)NOC(C)(C)C)n[nH]1. The number of carbonyl (C=O) groups is 1. The third-order valence-corrected chi connectivity index (χ3v) is 1.52. The van der Waals surface area contributed by atoms with E-state index >= 15 is 0 Å². The molecule has 0 fully saturated rings. The van der Waals surface area contributed by atoms with Gasteiger partial charge in [-0.15, -0.1) is 5.10 Å². The van der Waals surface area contributed by atoms with Gasteiger partial charge in [-0.25, -0.2) is 10.5 Å². The Hall–Kier alpha value is -1.43. The molecule has 0 radical (unpaired) electrons. The lowest BCUT2D eigenvalue weighted by atomic mass is 10.2. The van der Waals surface area contributed by atoms with Gasteiger partial charge in [0.2, 0.25) is 5.82 Å². The Morgan fingerprint density at radius 3 is 2.67 bits per heavy atom. The van der Waals surface area contributed by atoms with Gasteiger partial charge in [-0.2, -0.15) is 0 Å². The van der Waals surface area contributed by atoms with Gasteiger partial charge < -0.3 is 0 Å². The lowest BCUT2D eigenvalue weighted by molar-refractivity contribution is -0.0593. The van der Waals surface area contributed by atoms with Crippen molar-refractivity contribution in [3.05, 3.63) is 11.6 Å². The summed E-state index contributed by atoms with van der Waals surface area (Å²) in [6, 6.07) is 0. The molecule has 0 aromatic carbocycles. The van der Waals surface area contributed by atoms with Crippen molar-refractivity contribution in [2.24, 2.45) is 0 Å². The second kappa shape index (κ2) is 4.39. The minimum absolute atomic E-state index is 0.0936. The fourth-order valence-electron chi connectivity index (χ4n) is 0.800. The van der Waals surface area contributed by atoms with Gasteiger partial charge in [0.05, 0.1) is 5.60 Å². The molecule has 1 rings (SSSR count). The highest BCUT2D eigenvalue weighted by Gasteiger charge is 2.16. The van der Waals surface area contributed by atoms with Crippen molar-refractivity contribution in [3.63, 3.8) is 0 Å². The first-order valence-corrected chi connectivity index (χ1v) is 4.82. The quantitative estimate of drug-likeness (QED) is 0.727. The van der Waals surface area contributed by atoms with Crippen molar-refractivity contribution in [2.45, 2.75) is 39.7 Å². The molecule has 0 atom stereocenters. The van der Waals surface area contributed by atoms with Crippen LogP contribution in [-0.2, 0) is 11.3 Å². The predicted molar refractivity (Wildman–Crippen MR) is 54.1 cm³/mol. The Morgan fingerprint density at radius 1 is 1.53 bits per heavy atom. The van der Waals surface area contributed by atoms with Crippen LogP contribution in [-0.4, -0.2) is 26.7 Å². The molecule has 0 aliphatic carbocycles. The summed E-state index contributed by atoms with van der Waals surface area (Å²) in [6.45, 7) is 7.43. The maximum Gasteiger partial charge on any atom is 0.314 e. The molecule has 2 N–H and O–H groups in total. The highest BCUT2D eigenvalue weighted by atomic mass is 16.7. The van der Waals surface area contributed by atoms with Crippen molar-refractivity contribution >= 4 is 5.91 Å². The number of carbonyl (C=O) groups excluding carboxylic acids is 1. The molecule has 0 aliphatic rings. The van der Waals surface area contributed by atoms with E-state index in [9.17, 15) is 4.79 Å². The van der Waals surface area contributed by atoms with E-state index in [1.54, 1.807) is 0 Å². The number of aromatic nitrogens is 3. The number of H-pyrrole nitrogens is 1. The Bertz CT molecular complexity index is 340. The van der Waals surface area contributed by atoms with Crippen LogP contribution in [0.15, 0.2) is 0 Å². The summed E-state index contributed by atoms with van der Waals surface area (Å²) in [5.74, 6) is 0.327. The zero-order valence-electron chi connectivity index (χ0n) is 9.42. The maximum absolute atomic E-state index is 11.4. The number of hydrogen-bond donors (Lipinski definition) is 2. The number of hydroxylamine groups is 1. The predicted octanol–water partition coefficient (Wildman–Crippen LogP) is 0.827. The molecule has 15 heavy (non-hydrogen) atoms. The van der Waals surface area contributed by atoms with Crippen LogP contribution < -0.4 is 5.48 Å². The topological polar surface area (TPSA) is 79.9 Å². The molecule has 0 saturated carbocycles. The number of aryl methyl sites for hydroxylation is 1. The average molecular weight is 212 g/mol. The van der Waals surface area contributed by atoms with Gasteiger partial charge in [-0.1, -0.05) is 6.92 Å². The first-order chi connectivity index (χ1) is 6.92. The summed E-state index contributed by atoms with van der Waals surface area (Å²) in [7, 11) is 0. The summed E-state index contributed by atoms with van der Waals surface area (Å²) in [5.41, 5.74) is 1.86. The fourth-order valence-corrected chi connectivity index (χ4v) is 0.800. The molecule has 1 aromatic heterocycles. The van der Waals surface area contributed by atoms with Crippen molar-refractivity contribution in [1.82, 2.24) is 20.7 Å². The zero-order valence-corrected chi connectivity index (χ0v) is 9.42. The highest BCUT2D eigenvalue weighted by molar-refractivity contribution is 5.89. The van der Waals surface area contributed by atoms with E-state index in [-0.39, 0.29) is 5.82 Å². The first kappa shape index (κ1) is 11.6. The van der Waals surface area contributed by atoms with Crippen molar-refractivity contribution in [1.29, 1.82) is 0 Å². The van der Waals surface area contributed by atoms with Gasteiger partial charge in [0.15, 0.2) is 0 Å². The molecule has 1 aromatic rings. The highest BCUT2D eigenvalue weighted by Crippen LogP contribution is 2.04. The normalized spacial score (nSPS) is 11.5. The average Bonchev–Trinajstić information content (AvgIpc) is 2.61. The van der Waals surface area contributed by atoms with Crippen LogP contribution in [0.3, 0.4) is 0 Å². The van der Waals surface area contributed by atoms with Gasteiger partial charge in [0.1, 0.15) is 5.82 Å². The summed E-state index contributed by atoms with van der Waals surface area (Å²) in [5, 5.41) is 6.42. The molecule has 0 saturated heterocycles. The van der Waals surface area contributed by atoms with Crippen molar-refractivity contribution in [2.75, 3.05) is 0 Å². The van der Waals surface area contributed by atoms with E-state index in [4.69, 9.17) is 4.84 Å². The smallest absolute Gasteiger partial charge is 0.268 e. The van der Waals surface area contributed by atoms with Gasteiger partial charge in [-0.3, -0.25) is 14.7 Å². The van der Waals surface area contributed by atoms with E-state index < -0.39 is 11.5 Å². The summed E-state index contributed by atoms with van der Waals surface area (Å²) in [4.78, 5) is 20.5. The van der Waals surface area contributed by atoms with E-state index in [0.29, 0.717) is 12.2 Å². The maximum atomic E-state index is 11.4. The molecule has 6 nitrogen and oxygen atoms in total. The second-order valence-corrected chi connectivity index (χ2v) is 4.10. The van der Waals surface area contributed by atoms with Gasteiger partial charge in [-0.05, 0) is 20.8 Å². The molecule has 0 aliphatic heterocycles. The van der Waals surface area contributed by atoms with Gasteiger partial charge >= 0.3 is 5.91 Å². The van der Waals surface area contributed by atoms with Crippen LogP contribution in [0.2, 0.25) is 0 Å². The monoisotopic (exact) mass is 212 g/mol. The third kappa shape index (κ3) is 3.67. The van der Waals surface area contributed by atoms with Crippen molar-refractivity contribution < 1.29 is 9.63 Å². The Labute approximate surface area is 88.4 Å². The minimum atomic E-state index is -0.444. The number of hydrogen-bond acceptors (Lipinski definition) is 4. The van der Waals surface area contributed by atoms with Crippen LogP contribution in [0.4, 0.5) is 0 Å². The Morgan fingerprint density at radius 2 is 2.20 bits per heavy atom. The number of nitrogens with one attached hydrogen (secondary N) is 2. The Kier molecular flexibility index (Phi) is 3.41. The standard InChI is InChI=1S/C9H16N4O2/c1-5-6-10-7(12-11-6)8(14)13-15-9(2,3)4/h5H2,1-4H3,(H,13,14)(H,10,11,12). The summed E-state index contributed by atoms with van der Waals surface area (Å²) in [6.07, 6.45) is 0.709. The molecule has 0 spiro atoms. The van der Waals surface area contributed by atoms with E-state index in [0.717, 1.165) is 0 Å². The van der Waals surface area contributed by atoms with Crippen molar-refractivity contribution in [3.8, 4) is 0 Å². The second-order valence-electron chi connectivity index (χ2n) is 4.10. The van der Waals surface area contributed by atoms with E-state index in [1.165, 1.54) is 0 Å². The molecule has 6 heteroatoms. The van der Waals surface area contributed by atoms with Gasteiger partial charge in [0.25, 0.3) is 0 Å². The number of aromatic amines is 1. The summed E-state index contributed by atoms with van der Waals surface area (Å²) >= 11 is 0. The molecule has 0 unspecified atom stereocenters. The van der Waals surface area contributed by atoms with E-state index in [2.05, 4.69) is 20.7 Å². The van der Waals surface area contributed by atoms with Crippen LogP contribution in [0.1, 0.15) is 44.1 Å². The molecule has 84 valence electrons. The number of nitrogens with zero attached hydrogens (tertiary/aromatic N) is 2.